The van der Waals surface area contributed by atoms with Crippen LogP contribution >= 0.6 is 11.3 Å². The fourth-order valence-electron chi connectivity index (χ4n) is 3.57. The molecule has 1 amide bonds. The van der Waals surface area contributed by atoms with Crippen LogP contribution in [0.3, 0.4) is 0 Å². The van der Waals surface area contributed by atoms with Gasteiger partial charge in [0.1, 0.15) is 27.9 Å². The Balaban J connectivity index is 1.39. The molecular weight excluding hydrogens is 456 g/mol. The molecule has 0 fully saturated rings. The average Bonchev–Trinajstić information content (AvgIpc) is 3.52. The Morgan fingerprint density at radius 1 is 1.00 bits per heavy atom. The third-order valence-electron chi connectivity index (χ3n) is 5.32. The van der Waals surface area contributed by atoms with E-state index in [9.17, 15) is 13.6 Å². The van der Waals surface area contributed by atoms with E-state index in [0.29, 0.717) is 11.4 Å². The molecule has 0 saturated heterocycles. The second-order valence-corrected chi connectivity index (χ2v) is 8.42. The summed E-state index contributed by atoms with van der Waals surface area (Å²) in [7, 11) is 0. The number of oxazole rings is 1. The predicted octanol–water partition coefficient (Wildman–Crippen LogP) is 6.97. The summed E-state index contributed by atoms with van der Waals surface area (Å²) in [5, 5.41) is 5.32. The third-order valence-corrected chi connectivity index (χ3v) is 6.21. The number of benzene rings is 3. The first-order chi connectivity index (χ1) is 16.5. The molecule has 0 aliphatic heterocycles. The highest BCUT2D eigenvalue weighted by molar-refractivity contribution is 7.13. The molecule has 0 saturated carbocycles. The summed E-state index contributed by atoms with van der Waals surface area (Å²) in [5.74, 6) is -2.04. The van der Waals surface area contributed by atoms with Crippen molar-refractivity contribution in [2.75, 3.05) is 5.32 Å². The van der Waals surface area contributed by atoms with E-state index in [1.54, 1.807) is 18.3 Å². The van der Waals surface area contributed by atoms with Crippen molar-refractivity contribution < 1.29 is 18.0 Å². The summed E-state index contributed by atoms with van der Waals surface area (Å²) in [6.45, 7) is 2.01. The van der Waals surface area contributed by atoms with Crippen molar-refractivity contribution >= 4 is 22.9 Å². The fourth-order valence-corrected chi connectivity index (χ4v) is 4.38. The van der Waals surface area contributed by atoms with Crippen LogP contribution in [0.1, 0.15) is 15.9 Å². The van der Waals surface area contributed by atoms with E-state index in [2.05, 4.69) is 21.4 Å². The van der Waals surface area contributed by atoms with E-state index in [-0.39, 0.29) is 0 Å². The number of aromatic nitrogens is 2. The maximum atomic E-state index is 13.9. The Morgan fingerprint density at radius 3 is 2.44 bits per heavy atom. The first kappa shape index (κ1) is 21.7. The molecule has 0 unspecified atom stereocenters. The number of anilines is 1. The van der Waals surface area contributed by atoms with Crippen LogP contribution in [-0.2, 0) is 0 Å². The molecule has 5 aromatic rings. The number of aryl methyl sites for hydroxylation is 1. The second-order valence-electron chi connectivity index (χ2n) is 7.56. The Kier molecular flexibility index (Phi) is 5.73. The first-order valence-corrected chi connectivity index (χ1v) is 11.2. The Hall–Kier alpha value is -4.17. The summed E-state index contributed by atoms with van der Waals surface area (Å²) >= 11 is 1.51. The van der Waals surface area contributed by atoms with Crippen molar-refractivity contribution in [2.24, 2.45) is 0 Å². The van der Waals surface area contributed by atoms with Crippen molar-refractivity contribution in [2.45, 2.75) is 6.92 Å². The lowest BCUT2D eigenvalue weighted by Gasteiger charge is -2.11. The molecule has 1 N–H and O–H groups in total. The lowest BCUT2D eigenvalue weighted by atomic mass is 9.98. The van der Waals surface area contributed by atoms with Crippen LogP contribution < -0.4 is 5.32 Å². The van der Waals surface area contributed by atoms with Crippen molar-refractivity contribution in [3.05, 3.63) is 101 Å². The smallest absolute Gasteiger partial charge is 0.261 e. The zero-order valence-electron chi connectivity index (χ0n) is 17.9. The molecule has 168 valence electrons. The number of carbonyl (C=O) groups excluding carboxylic acids is 1. The van der Waals surface area contributed by atoms with Gasteiger partial charge < -0.3 is 9.73 Å². The topological polar surface area (TPSA) is 68.0 Å². The highest BCUT2D eigenvalue weighted by atomic mass is 32.1. The van der Waals surface area contributed by atoms with Gasteiger partial charge in [-0.2, -0.15) is 0 Å². The van der Waals surface area contributed by atoms with E-state index >= 15 is 0 Å². The standard InChI is InChI=1S/C26H17F2N3O2S/c1-15-5-6-17(26-31-22(13-34-26)23-12-29-14-33-23)11-19(15)16-7-9-18(10-8-16)30-25(32)24-20(27)3-2-4-21(24)28/h2-14H,1H3,(H,30,32). The van der Waals surface area contributed by atoms with Gasteiger partial charge >= 0.3 is 0 Å². The van der Waals surface area contributed by atoms with E-state index in [1.807, 2.05) is 36.6 Å². The van der Waals surface area contributed by atoms with Crippen molar-refractivity contribution in [3.8, 4) is 33.2 Å². The molecule has 34 heavy (non-hydrogen) atoms. The van der Waals surface area contributed by atoms with Crippen LogP contribution in [0.25, 0.3) is 33.2 Å². The van der Waals surface area contributed by atoms with Crippen LogP contribution in [-0.4, -0.2) is 15.9 Å². The molecule has 0 spiro atoms. The normalized spacial score (nSPS) is 10.9. The largest absolute Gasteiger partial charge is 0.442 e. The molecule has 0 radical (unpaired) electrons. The number of halogens is 2. The summed E-state index contributed by atoms with van der Waals surface area (Å²) in [5.41, 5.74) is 4.52. The van der Waals surface area contributed by atoms with Crippen LogP contribution in [0, 0.1) is 18.6 Å². The number of rotatable bonds is 5. The third kappa shape index (κ3) is 4.23. The highest BCUT2D eigenvalue weighted by Gasteiger charge is 2.17. The number of nitrogens with one attached hydrogen (secondary N) is 1. The molecule has 0 bridgehead atoms. The van der Waals surface area contributed by atoms with E-state index in [4.69, 9.17) is 4.42 Å². The number of thiazole rings is 1. The molecule has 5 nitrogen and oxygen atoms in total. The van der Waals surface area contributed by atoms with Crippen molar-refractivity contribution in [1.29, 1.82) is 0 Å². The molecule has 0 aliphatic rings. The summed E-state index contributed by atoms with van der Waals surface area (Å²) < 4.78 is 33.1. The van der Waals surface area contributed by atoms with Gasteiger partial charge in [0, 0.05) is 16.6 Å². The van der Waals surface area contributed by atoms with Gasteiger partial charge in [-0.25, -0.2) is 18.7 Å². The number of amides is 1. The summed E-state index contributed by atoms with van der Waals surface area (Å²) in [6, 6.07) is 16.5. The zero-order chi connectivity index (χ0) is 23.7. The number of hydrogen-bond donors (Lipinski definition) is 1. The minimum atomic E-state index is -0.907. The van der Waals surface area contributed by atoms with Gasteiger partial charge in [-0.1, -0.05) is 30.3 Å². The van der Waals surface area contributed by atoms with Gasteiger partial charge in [0.25, 0.3) is 5.91 Å². The first-order valence-electron chi connectivity index (χ1n) is 10.3. The molecule has 2 aromatic heterocycles. The van der Waals surface area contributed by atoms with Crippen LogP contribution in [0.5, 0.6) is 0 Å². The molecule has 0 atom stereocenters. The predicted molar refractivity (Wildman–Crippen MR) is 128 cm³/mol. The van der Waals surface area contributed by atoms with Crippen molar-refractivity contribution in [3.63, 3.8) is 0 Å². The number of hydrogen-bond acceptors (Lipinski definition) is 5. The summed E-state index contributed by atoms with van der Waals surface area (Å²) in [4.78, 5) is 20.9. The minimum absolute atomic E-state index is 0.432. The monoisotopic (exact) mass is 473 g/mol. The van der Waals surface area contributed by atoms with E-state index in [0.717, 1.165) is 45.1 Å². The molecular formula is C26H17F2N3O2S. The number of carbonyl (C=O) groups is 1. The second kappa shape index (κ2) is 8.99. The molecule has 2 heterocycles. The Bertz CT molecular complexity index is 1460. The van der Waals surface area contributed by atoms with E-state index in [1.165, 1.54) is 23.8 Å². The van der Waals surface area contributed by atoms with E-state index < -0.39 is 23.1 Å². The van der Waals surface area contributed by atoms with Gasteiger partial charge in [-0.15, -0.1) is 11.3 Å². The van der Waals surface area contributed by atoms with Gasteiger partial charge in [0.05, 0.1) is 6.20 Å². The lowest BCUT2D eigenvalue weighted by Crippen LogP contribution is -2.15. The fraction of sp³-hybridized carbons (Fsp3) is 0.0385. The average molecular weight is 474 g/mol. The van der Waals surface area contributed by atoms with Crippen LogP contribution in [0.4, 0.5) is 14.5 Å². The highest BCUT2D eigenvalue weighted by Crippen LogP contribution is 2.33. The van der Waals surface area contributed by atoms with Crippen molar-refractivity contribution in [1.82, 2.24) is 9.97 Å². The summed E-state index contributed by atoms with van der Waals surface area (Å²) in [6.07, 6.45) is 3.00. The molecule has 8 heteroatoms. The molecule has 5 rings (SSSR count). The number of nitrogens with zero attached hydrogens (tertiary/aromatic N) is 2. The zero-order valence-corrected chi connectivity index (χ0v) is 18.7. The van der Waals surface area contributed by atoms with Gasteiger partial charge in [-0.05, 0) is 53.9 Å². The van der Waals surface area contributed by atoms with Crippen LogP contribution in [0.2, 0.25) is 0 Å². The Morgan fingerprint density at radius 2 is 1.74 bits per heavy atom. The maximum Gasteiger partial charge on any atom is 0.261 e. The molecule has 3 aromatic carbocycles. The minimum Gasteiger partial charge on any atom is -0.442 e. The SMILES string of the molecule is Cc1ccc(-c2nc(-c3cnco3)cs2)cc1-c1ccc(NC(=O)c2c(F)cccc2F)cc1. The van der Waals surface area contributed by atoms with Crippen LogP contribution in [0.15, 0.2) is 83.1 Å². The Labute approximate surface area is 197 Å². The molecule has 0 aliphatic carbocycles. The quantitative estimate of drug-likeness (QED) is 0.299. The van der Waals surface area contributed by atoms with Gasteiger partial charge in [0.15, 0.2) is 12.2 Å². The lowest BCUT2D eigenvalue weighted by molar-refractivity contribution is 0.101. The maximum absolute atomic E-state index is 13.9. The van der Waals surface area contributed by atoms with Gasteiger partial charge in [-0.3, -0.25) is 4.79 Å². The van der Waals surface area contributed by atoms with Gasteiger partial charge in [0.2, 0.25) is 0 Å².